The number of rotatable bonds is 6. The van der Waals surface area contributed by atoms with Gasteiger partial charge in [0.1, 0.15) is 0 Å². The fourth-order valence-corrected chi connectivity index (χ4v) is 2.38. The molecule has 2 N–H and O–H groups in total. The molecule has 0 spiro atoms. The summed E-state index contributed by atoms with van der Waals surface area (Å²) in [6, 6.07) is -0.122. The van der Waals surface area contributed by atoms with Gasteiger partial charge in [-0.05, 0) is 24.7 Å². The third-order valence-electron chi connectivity index (χ3n) is 3.67. The first-order chi connectivity index (χ1) is 8.99. The maximum atomic E-state index is 11.8. The van der Waals surface area contributed by atoms with Crippen molar-refractivity contribution in [2.75, 3.05) is 19.6 Å². The molecule has 0 radical (unpaired) electrons. The van der Waals surface area contributed by atoms with Crippen LogP contribution in [0.3, 0.4) is 0 Å². The monoisotopic (exact) mass is 270 g/mol. The molecule has 0 aliphatic carbocycles. The van der Waals surface area contributed by atoms with E-state index in [9.17, 15) is 9.59 Å². The Morgan fingerprint density at radius 2 is 1.95 bits per heavy atom. The lowest BCUT2D eigenvalue weighted by Crippen LogP contribution is -2.45. The number of urea groups is 1. The summed E-state index contributed by atoms with van der Waals surface area (Å²) in [6.45, 7) is 6.28. The van der Waals surface area contributed by atoms with Gasteiger partial charge in [-0.2, -0.15) is 0 Å². The van der Waals surface area contributed by atoms with Crippen molar-refractivity contribution in [2.24, 2.45) is 11.8 Å². The van der Waals surface area contributed by atoms with E-state index in [-0.39, 0.29) is 19.0 Å². The summed E-state index contributed by atoms with van der Waals surface area (Å²) in [4.78, 5) is 23.9. The van der Waals surface area contributed by atoms with Crippen LogP contribution in [0.25, 0.3) is 0 Å². The predicted molar refractivity (Wildman–Crippen MR) is 74.0 cm³/mol. The van der Waals surface area contributed by atoms with E-state index in [1.165, 1.54) is 12.8 Å². The second kappa shape index (κ2) is 8.02. The Bertz CT molecular complexity index is 297. The van der Waals surface area contributed by atoms with E-state index in [1.807, 2.05) is 0 Å². The number of carboxylic acids is 1. The van der Waals surface area contributed by atoms with Crippen LogP contribution in [0.1, 0.15) is 46.0 Å². The Morgan fingerprint density at radius 1 is 1.32 bits per heavy atom. The van der Waals surface area contributed by atoms with Crippen LogP contribution < -0.4 is 5.32 Å². The van der Waals surface area contributed by atoms with Gasteiger partial charge in [0, 0.05) is 19.6 Å². The van der Waals surface area contributed by atoms with Crippen molar-refractivity contribution >= 4 is 12.0 Å². The third-order valence-corrected chi connectivity index (χ3v) is 3.67. The lowest BCUT2D eigenvalue weighted by atomic mass is 9.90. The smallest absolute Gasteiger partial charge is 0.317 e. The van der Waals surface area contributed by atoms with Crippen LogP contribution in [0.15, 0.2) is 0 Å². The number of aliphatic carboxylic acids is 1. The number of hydrogen-bond donors (Lipinski definition) is 2. The zero-order valence-electron chi connectivity index (χ0n) is 12.0. The second-order valence-electron chi connectivity index (χ2n) is 5.78. The summed E-state index contributed by atoms with van der Waals surface area (Å²) in [5.41, 5.74) is 0. The molecule has 0 aromatic heterocycles. The van der Waals surface area contributed by atoms with Crippen molar-refractivity contribution < 1.29 is 14.7 Å². The van der Waals surface area contributed by atoms with Crippen LogP contribution in [0.4, 0.5) is 4.79 Å². The molecule has 19 heavy (non-hydrogen) atoms. The highest BCUT2D eigenvalue weighted by Crippen LogP contribution is 2.23. The molecule has 0 atom stereocenters. The minimum absolute atomic E-state index is 0.0173. The van der Waals surface area contributed by atoms with E-state index in [1.54, 1.807) is 4.90 Å². The van der Waals surface area contributed by atoms with Crippen LogP contribution in [0.2, 0.25) is 0 Å². The van der Waals surface area contributed by atoms with Gasteiger partial charge in [0.15, 0.2) is 0 Å². The van der Waals surface area contributed by atoms with Gasteiger partial charge in [0.05, 0.1) is 6.42 Å². The number of piperidine rings is 1. The molecule has 0 bridgehead atoms. The minimum atomic E-state index is -0.882. The molecule has 0 aromatic carbocycles. The molecule has 1 rings (SSSR count). The van der Waals surface area contributed by atoms with E-state index in [2.05, 4.69) is 19.2 Å². The molecule has 5 heteroatoms. The van der Waals surface area contributed by atoms with Gasteiger partial charge in [-0.15, -0.1) is 0 Å². The second-order valence-corrected chi connectivity index (χ2v) is 5.78. The quantitative estimate of drug-likeness (QED) is 0.778. The Hall–Kier alpha value is -1.26. The Labute approximate surface area is 115 Å². The summed E-state index contributed by atoms with van der Waals surface area (Å²) in [6.07, 6.45) is 4.64. The maximum Gasteiger partial charge on any atom is 0.317 e. The van der Waals surface area contributed by atoms with Crippen molar-refractivity contribution in [2.45, 2.75) is 46.0 Å². The summed E-state index contributed by atoms with van der Waals surface area (Å²) < 4.78 is 0. The molecule has 2 amide bonds. The van der Waals surface area contributed by atoms with Crippen molar-refractivity contribution in [3.63, 3.8) is 0 Å². The lowest BCUT2D eigenvalue weighted by Gasteiger charge is -2.32. The Balaban J connectivity index is 2.18. The van der Waals surface area contributed by atoms with E-state index >= 15 is 0 Å². The zero-order valence-corrected chi connectivity index (χ0v) is 12.0. The number of likely N-dealkylation sites (tertiary alicyclic amines) is 1. The van der Waals surface area contributed by atoms with Crippen molar-refractivity contribution in [1.29, 1.82) is 0 Å². The number of carboxylic acid groups (broad SMARTS) is 1. The van der Waals surface area contributed by atoms with E-state index < -0.39 is 5.97 Å². The van der Waals surface area contributed by atoms with Crippen LogP contribution in [-0.4, -0.2) is 41.6 Å². The molecule has 1 aliphatic heterocycles. The Morgan fingerprint density at radius 3 is 2.47 bits per heavy atom. The number of nitrogens with one attached hydrogen (secondary N) is 1. The molecule has 0 unspecified atom stereocenters. The molecular weight excluding hydrogens is 244 g/mol. The molecule has 110 valence electrons. The van der Waals surface area contributed by atoms with Gasteiger partial charge in [0.25, 0.3) is 0 Å². The van der Waals surface area contributed by atoms with Gasteiger partial charge in [-0.1, -0.05) is 26.7 Å². The number of amides is 2. The van der Waals surface area contributed by atoms with Gasteiger partial charge < -0.3 is 15.3 Å². The van der Waals surface area contributed by atoms with Gasteiger partial charge in [-0.25, -0.2) is 4.79 Å². The fourth-order valence-electron chi connectivity index (χ4n) is 2.38. The zero-order chi connectivity index (χ0) is 14.3. The van der Waals surface area contributed by atoms with Crippen molar-refractivity contribution in [3.8, 4) is 0 Å². The van der Waals surface area contributed by atoms with Gasteiger partial charge in [-0.3, -0.25) is 4.79 Å². The molecule has 0 saturated carbocycles. The van der Waals surface area contributed by atoms with Gasteiger partial charge in [0.2, 0.25) is 0 Å². The summed E-state index contributed by atoms with van der Waals surface area (Å²) in [5.74, 6) is 0.607. The lowest BCUT2D eigenvalue weighted by molar-refractivity contribution is -0.136. The average Bonchev–Trinajstić information content (AvgIpc) is 2.36. The molecule has 0 aromatic rings. The SMILES string of the molecule is CC(C)CCC1CCN(C(=O)NCCC(=O)O)CC1. The van der Waals surface area contributed by atoms with Crippen molar-refractivity contribution in [3.05, 3.63) is 0 Å². The number of carbonyl (C=O) groups is 2. The predicted octanol–water partition coefficient (Wildman–Crippen LogP) is 2.32. The average molecular weight is 270 g/mol. The van der Waals surface area contributed by atoms with E-state index in [0.717, 1.165) is 37.8 Å². The standard InChI is InChI=1S/C14H26N2O3/c1-11(2)3-4-12-6-9-16(10-7-12)14(19)15-8-5-13(17)18/h11-12H,3-10H2,1-2H3,(H,15,19)(H,17,18). The summed E-state index contributed by atoms with van der Waals surface area (Å²) in [7, 11) is 0. The fraction of sp³-hybridized carbons (Fsp3) is 0.857. The van der Waals surface area contributed by atoms with Crippen molar-refractivity contribution in [1.82, 2.24) is 10.2 Å². The first-order valence-corrected chi connectivity index (χ1v) is 7.23. The topological polar surface area (TPSA) is 69.6 Å². The third kappa shape index (κ3) is 6.45. The van der Waals surface area contributed by atoms with Crippen LogP contribution in [0, 0.1) is 11.8 Å². The molecular formula is C14H26N2O3. The largest absolute Gasteiger partial charge is 0.481 e. The molecule has 5 nitrogen and oxygen atoms in total. The minimum Gasteiger partial charge on any atom is -0.481 e. The highest BCUT2D eigenvalue weighted by atomic mass is 16.4. The number of nitrogens with zero attached hydrogens (tertiary/aromatic N) is 1. The van der Waals surface area contributed by atoms with E-state index in [0.29, 0.717) is 0 Å². The maximum absolute atomic E-state index is 11.8. The van der Waals surface area contributed by atoms with Gasteiger partial charge >= 0.3 is 12.0 Å². The van der Waals surface area contributed by atoms with E-state index in [4.69, 9.17) is 5.11 Å². The van der Waals surface area contributed by atoms with Crippen LogP contribution in [0.5, 0.6) is 0 Å². The molecule has 1 aliphatic rings. The Kier molecular flexibility index (Phi) is 6.67. The van der Waals surface area contributed by atoms with Crippen LogP contribution in [-0.2, 0) is 4.79 Å². The normalized spacial score (nSPS) is 16.7. The first kappa shape index (κ1) is 15.8. The van der Waals surface area contributed by atoms with Crippen LogP contribution >= 0.6 is 0 Å². The molecule has 1 fully saturated rings. The number of hydrogen-bond acceptors (Lipinski definition) is 2. The summed E-state index contributed by atoms with van der Waals surface area (Å²) in [5, 5.41) is 11.2. The highest BCUT2D eigenvalue weighted by molar-refractivity contribution is 5.75. The summed E-state index contributed by atoms with van der Waals surface area (Å²) >= 11 is 0. The number of carbonyl (C=O) groups excluding carboxylic acids is 1. The first-order valence-electron chi connectivity index (χ1n) is 7.23. The molecule has 1 saturated heterocycles. The highest BCUT2D eigenvalue weighted by Gasteiger charge is 2.22. The molecule has 1 heterocycles.